The van der Waals surface area contributed by atoms with Gasteiger partial charge in [-0.05, 0) is 19.9 Å². The number of hydrogen-bond donors (Lipinski definition) is 2. The lowest BCUT2D eigenvalue weighted by Gasteiger charge is -2.18. The predicted molar refractivity (Wildman–Crippen MR) is 79.4 cm³/mol. The summed E-state index contributed by atoms with van der Waals surface area (Å²) in [5.74, 6) is -0.442. The third-order valence-corrected chi connectivity index (χ3v) is 4.15. The van der Waals surface area contributed by atoms with Crippen LogP contribution in [0.25, 0.3) is 0 Å². The number of alkyl halides is 3. The normalized spacial score (nSPS) is 11.9. The van der Waals surface area contributed by atoms with Crippen molar-refractivity contribution in [3.8, 4) is 5.75 Å². The predicted octanol–water partition coefficient (Wildman–Crippen LogP) is 3.57. The van der Waals surface area contributed by atoms with Crippen LogP contribution in [0.4, 0.5) is 18.0 Å². The van der Waals surface area contributed by atoms with Gasteiger partial charge in [0.05, 0.1) is 13.2 Å². The number of urea groups is 1. The van der Waals surface area contributed by atoms with Gasteiger partial charge < -0.3 is 10.1 Å². The molecule has 0 heterocycles. The van der Waals surface area contributed by atoms with Crippen molar-refractivity contribution >= 4 is 13.8 Å². The summed E-state index contributed by atoms with van der Waals surface area (Å²) < 4.78 is 62.7. The average molecular weight is 370 g/mol. The van der Waals surface area contributed by atoms with E-state index in [-0.39, 0.29) is 25.3 Å². The molecule has 1 aromatic carbocycles. The number of ether oxygens (including phenoxy) is 1. The van der Waals surface area contributed by atoms with Crippen LogP contribution in [0.2, 0.25) is 0 Å². The summed E-state index contributed by atoms with van der Waals surface area (Å²) in [4.78, 5) is 11.8. The fourth-order valence-electron chi connectivity index (χ4n) is 1.66. The van der Waals surface area contributed by atoms with Crippen molar-refractivity contribution < 1.29 is 36.3 Å². The Balaban J connectivity index is 2.69. The molecule has 2 amide bonds. The van der Waals surface area contributed by atoms with Crippen molar-refractivity contribution in [2.45, 2.75) is 26.8 Å². The van der Waals surface area contributed by atoms with Gasteiger partial charge in [-0.1, -0.05) is 18.2 Å². The molecule has 11 heteroatoms. The summed E-state index contributed by atoms with van der Waals surface area (Å²) in [6.07, 6.45) is -4.85. The van der Waals surface area contributed by atoms with Crippen molar-refractivity contribution in [2.75, 3.05) is 13.2 Å². The first-order chi connectivity index (χ1) is 11.2. The maximum absolute atomic E-state index is 12.3. The Kier molecular flexibility index (Phi) is 7.53. The van der Waals surface area contributed by atoms with E-state index >= 15 is 0 Å². The van der Waals surface area contributed by atoms with Gasteiger partial charge in [-0.3, -0.25) is 9.05 Å². The molecule has 0 saturated carbocycles. The van der Waals surface area contributed by atoms with Crippen LogP contribution in [0.15, 0.2) is 24.3 Å². The zero-order valence-electron chi connectivity index (χ0n) is 13.1. The Morgan fingerprint density at radius 2 is 1.75 bits per heavy atom. The first kappa shape index (κ1) is 20.3. The molecule has 1 aromatic rings. The molecule has 7 nitrogen and oxygen atoms in total. The van der Waals surface area contributed by atoms with Gasteiger partial charge in [0.25, 0.3) is 0 Å². The summed E-state index contributed by atoms with van der Waals surface area (Å²) in [6.45, 7) is 2.93. The zero-order chi connectivity index (χ0) is 18.2. The summed E-state index contributed by atoms with van der Waals surface area (Å²) >= 11 is 0. The molecule has 0 aliphatic carbocycles. The quantitative estimate of drug-likeness (QED) is 0.684. The van der Waals surface area contributed by atoms with Gasteiger partial charge in [0.2, 0.25) is 0 Å². The maximum Gasteiger partial charge on any atom is 0.573 e. The van der Waals surface area contributed by atoms with Gasteiger partial charge in [0.1, 0.15) is 5.75 Å². The molecule has 0 atom stereocenters. The first-order valence-electron chi connectivity index (χ1n) is 6.98. The van der Waals surface area contributed by atoms with Crippen molar-refractivity contribution in [3.63, 3.8) is 0 Å². The van der Waals surface area contributed by atoms with Crippen LogP contribution in [0, 0.1) is 0 Å². The van der Waals surface area contributed by atoms with Gasteiger partial charge in [-0.25, -0.2) is 14.4 Å². The lowest BCUT2D eigenvalue weighted by Crippen LogP contribution is -2.34. The molecule has 136 valence electrons. The van der Waals surface area contributed by atoms with E-state index in [1.807, 2.05) is 5.09 Å². The van der Waals surface area contributed by atoms with Crippen LogP contribution < -0.4 is 15.1 Å². The van der Waals surface area contributed by atoms with E-state index in [4.69, 9.17) is 9.05 Å². The van der Waals surface area contributed by atoms with Gasteiger partial charge in [0, 0.05) is 12.1 Å². The van der Waals surface area contributed by atoms with E-state index in [1.165, 1.54) is 18.2 Å². The Morgan fingerprint density at radius 3 is 2.29 bits per heavy atom. The molecular weight excluding hydrogens is 352 g/mol. The van der Waals surface area contributed by atoms with E-state index in [9.17, 15) is 22.5 Å². The summed E-state index contributed by atoms with van der Waals surface area (Å²) in [5.41, 5.74) is 0.0904. The summed E-state index contributed by atoms with van der Waals surface area (Å²) in [7, 11) is -3.82. The number of hydrogen-bond acceptors (Lipinski definition) is 5. The van der Waals surface area contributed by atoms with Crippen molar-refractivity contribution in [1.29, 1.82) is 0 Å². The molecule has 0 radical (unpaired) electrons. The molecule has 2 N–H and O–H groups in total. The largest absolute Gasteiger partial charge is 0.573 e. The number of nitrogens with one attached hydrogen (secondary N) is 2. The topological polar surface area (TPSA) is 85.9 Å². The summed E-state index contributed by atoms with van der Waals surface area (Å²) in [6, 6.07) is 4.41. The molecule has 0 spiro atoms. The fraction of sp³-hybridized carbons (Fsp3) is 0.462. The van der Waals surface area contributed by atoms with E-state index < -0.39 is 25.9 Å². The third kappa shape index (κ3) is 7.20. The number of carbonyl (C=O) groups is 1. The molecule has 1 rings (SSSR count). The number of para-hydroxylation sites is 1. The van der Waals surface area contributed by atoms with Crippen molar-refractivity contribution in [3.05, 3.63) is 29.8 Å². The minimum atomic E-state index is -4.85. The van der Waals surface area contributed by atoms with Crippen LogP contribution in [0.5, 0.6) is 5.75 Å². The monoisotopic (exact) mass is 370 g/mol. The molecule has 0 aliphatic heterocycles. The van der Waals surface area contributed by atoms with Gasteiger partial charge >= 0.3 is 20.1 Å². The number of halogens is 3. The summed E-state index contributed by atoms with van der Waals surface area (Å²) in [5, 5.41) is 4.30. The fourth-order valence-corrected chi connectivity index (χ4v) is 2.87. The Bertz CT molecular complexity index is 587. The van der Waals surface area contributed by atoms with Crippen LogP contribution in [0.3, 0.4) is 0 Å². The molecule has 0 aromatic heterocycles. The number of carbonyl (C=O) groups excluding carboxylic acids is 1. The van der Waals surface area contributed by atoms with Gasteiger partial charge in [-0.15, -0.1) is 13.2 Å². The second kappa shape index (κ2) is 8.91. The third-order valence-electron chi connectivity index (χ3n) is 2.47. The molecule has 0 saturated heterocycles. The zero-order valence-corrected chi connectivity index (χ0v) is 13.9. The minimum Gasteiger partial charge on any atom is -0.405 e. The number of benzene rings is 1. The molecular formula is C13H18F3N2O5P. The van der Waals surface area contributed by atoms with Gasteiger partial charge in [0.15, 0.2) is 0 Å². The average Bonchev–Trinajstić information content (AvgIpc) is 2.45. The highest BCUT2D eigenvalue weighted by Crippen LogP contribution is 2.43. The van der Waals surface area contributed by atoms with E-state index in [0.29, 0.717) is 0 Å². The number of amides is 2. The van der Waals surface area contributed by atoms with E-state index in [2.05, 4.69) is 10.1 Å². The standard InChI is InChI=1S/C13H18F3N2O5P/c1-3-21-24(20,22-4-2)18-12(19)17-9-10-7-5-6-8-11(10)23-13(14,15)16/h5-8H,3-4,9H2,1-2H3,(H2,17,18,19,20). The molecule has 24 heavy (non-hydrogen) atoms. The first-order valence-corrected chi connectivity index (χ1v) is 8.52. The molecule has 0 fully saturated rings. The maximum atomic E-state index is 12.3. The second-order valence-electron chi connectivity index (χ2n) is 4.28. The molecule has 0 bridgehead atoms. The van der Waals surface area contributed by atoms with Crippen LogP contribution in [0.1, 0.15) is 19.4 Å². The van der Waals surface area contributed by atoms with Crippen molar-refractivity contribution in [1.82, 2.24) is 10.4 Å². The van der Waals surface area contributed by atoms with Gasteiger partial charge in [-0.2, -0.15) is 0 Å². The van der Waals surface area contributed by atoms with Crippen molar-refractivity contribution in [2.24, 2.45) is 0 Å². The van der Waals surface area contributed by atoms with E-state index in [0.717, 1.165) is 6.07 Å². The lowest BCUT2D eigenvalue weighted by molar-refractivity contribution is -0.274. The lowest BCUT2D eigenvalue weighted by atomic mass is 10.2. The molecule has 0 aliphatic rings. The Hall–Kier alpha value is -1.77. The number of rotatable bonds is 8. The Labute approximate surface area is 137 Å². The SMILES string of the molecule is CCOP(=O)(NC(=O)NCc1ccccc1OC(F)(F)F)OCC. The Morgan fingerprint density at radius 1 is 1.17 bits per heavy atom. The highest BCUT2D eigenvalue weighted by Gasteiger charge is 2.32. The second-order valence-corrected chi connectivity index (χ2v) is 6.02. The highest BCUT2D eigenvalue weighted by atomic mass is 31.2. The molecule has 0 unspecified atom stereocenters. The van der Waals surface area contributed by atoms with Crippen LogP contribution in [-0.2, 0) is 20.2 Å². The van der Waals surface area contributed by atoms with Crippen LogP contribution >= 0.6 is 7.75 Å². The minimum absolute atomic E-state index is 0.0415. The highest BCUT2D eigenvalue weighted by molar-refractivity contribution is 7.52. The van der Waals surface area contributed by atoms with Crippen LogP contribution in [-0.4, -0.2) is 25.6 Å². The smallest absolute Gasteiger partial charge is 0.405 e. The van der Waals surface area contributed by atoms with E-state index in [1.54, 1.807) is 13.8 Å².